The van der Waals surface area contributed by atoms with Gasteiger partial charge in [0.15, 0.2) is 5.69 Å². The number of carboxylic acids is 1. The lowest BCUT2D eigenvalue weighted by atomic mass is 10.1. The molecule has 2 rings (SSSR count). The van der Waals surface area contributed by atoms with Gasteiger partial charge < -0.3 is 10.2 Å². The summed E-state index contributed by atoms with van der Waals surface area (Å²) in [6, 6.07) is 3.77. The van der Waals surface area contributed by atoms with Crippen molar-refractivity contribution in [3.63, 3.8) is 0 Å². The highest BCUT2D eigenvalue weighted by Gasteiger charge is 2.21. The predicted molar refractivity (Wildman–Crippen MR) is 74.3 cm³/mol. The van der Waals surface area contributed by atoms with Gasteiger partial charge in [0, 0.05) is 5.39 Å². The van der Waals surface area contributed by atoms with Gasteiger partial charge in [-0.3, -0.25) is 4.68 Å². The van der Waals surface area contributed by atoms with Crippen LogP contribution in [0.15, 0.2) is 18.2 Å². The fourth-order valence-electron chi connectivity index (χ4n) is 1.79. The minimum absolute atomic E-state index is 0.0836. The van der Waals surface area contributed by atoms with Crippen LogP contribution in [0.4, 0.5) is 4.39 Å². The standard InChI is InChI=1S/C12H13FN2O3.C2H6/c1-12(2,18)6-15-9-5-7(13)3-4-8(9)10(14-15)11(16)17;1-2/h3-5,18H,6H2,1-2H3,(H,16,17);1-2H3. The molecule has 0 aliphatic carbocycles. The SMILES string of the molecule is CC.CC(C)(O)Cn1nc(C(=O)O)c2ccc(F)cc21. The average molecular weight is 282 g/mol. The van der Waals surface area contributed by atoms with Crippen molar-refractivity contribution >= 4 is 16.9 Å². The van der Waals surface area contributed by atoms with E-state index in [-0.39, 0.29) is 12.2 Å². The molecule has 1 aromatic heterocycles. The molecule has 0 saturated heterocycles. The molecule has 1 aromatic carbocycles. The lowest BCUT2D eigenvalue weighted by molar-refractivity contribution is 0.0576. The number of fused-ring (bicyclic) bond motifs is 1. The van der Waals surface area contributed by atoms with Gasteiger partial charge in [-0.1, -0.05) is 13.8 Å². The molecule has 0 spiro atoms. The average Bonchev–Trinajstić information content (AvgIpc) is 2.68. The van der Waals surface area contributed by atoms with Crippen molar-refractivity contribution in [3.8, 4) is 0 Å². The fraction of sp³-hybridized carbons (Fsp3) is 0.429. The number of aromatic nitrogens is 2. The minimum atomic E-state index is -1.18. The van der Waals surface area contributed by atoms with Gasteiger partial charge in [0.1, 0.15) is 5.82 Å². The third kappa shape index (κ3) is 3.54. The molecule has 0 fully saturated rings. The smallest absolute Gasteiger partial charge is 0.357 e. The van der Waals surface area contributed by atoms with Gasteiger partial charge in [0.25, 0.3) is 0 Å². The Kier molecular flexibility index (Phi) is 4.83. The second kappa shape index (κ2) is 6.00. The van der Waals surface area contributed by atoms with Gasteiger partial charge in [-0.05, 0) is 32.0 Å². The monoisotopic (exact) mass is 282 g/mol. The number of hydrogen-bond acceptors (Lipinski definition) is 3. The Hall–Kier alpha value is -1.95. The van der Waals surface area contributed by atoms with Crippen LogP contribution < -0.4 is 0 Å². The molecule has 0 atom stereocenters. The predicted octanol–water partition coefficient (Wildman–Crippen LogP) is 2.67. The van der Waals surface area contributed by atoms with Gasteiger partial charge >= 0.3 is 5.97 Å². The van der Waals surface area contributed by atoms with Crippen LogP contribution in [0.5, 0.6) is 0 Å². The normalized spacial score (nSPS) is 11.1. The first-order valence-corrected chi connectivity index (χ1v) is 6.40. The number of carbonyl (C=O) groups is 1. The lowest BCUT2D eigenvalue weighted by Gasteiger charge is -2.17. The van der Waals surface area contributed by atoms with Gasteiger partial charge in [0.05, 0.1) is 17.7 Å². The molecule has 0 aliphatic rings. The number of benzene rings is 1. The summed E-state index contributed by atoms with van der Waals surface area (Å²) in [5, 5.41) is 23.0. The van der Waals surface area contributed by atoms with Crippen molar-refractivity contribution in [1.29, 1.82) is 0 Å². The zero-order chi connectivity index (χ0) is 15.5. The Morgan fingerprint density at radius 2 is 2.00 bits per heavy atom. The highest BCUT2D eigenvalue weighted by atomic mass is 19.1. The van der Waals surface area contributed by atoms with E-state index < -0.39 is 17.4 Å². The molecule has 0 saturated carbocycles. The highest BCUT2D eigenvalue weighted by molar-refractivity contribution is 6.01. The van der Waals surface area contributed by atoms with Gasteiger partial charge in [-0.2, -0.15) is 5.10 Å². The summed E-state index contributed by atoms with van der Waals surface area (Å²) in [5.41, 5.74) is -0.857. The van der Waals surface area contributed by atoms with E-state index in [0.29, 0.717) is 10.9 Å². The second-order valence-electron chi connectivity index (χ2n) is 4.79. The van der Waals surface area contributed by atoms with Crippen molar-refractivity contribution in [3.05, 3.63) is 29.7 Å². The van der Waals surface area contributed by atoms with E-state index in [9.17, 15) is 14.3 Å². The summed E-state index contributed by atoms with van der Waals surface area (Å²) in [7, 11) is 0. The molecule has 0 amide bonds. The molecule has 0 bridgehead atoms. The Labute approximate surface area is 116 Å². The zero-order valence-corrected chi connectivity index (χ0v) is 12.0. The van der Waals surface area contributed by atoms with Crippen LogP contribution in [0.1, 0.15) is 38.2 Å². The minimum Gasteiger partial charge on any atom is -0.476 e. The van der Waals surface area contributed by atoms with Gasteiger partial charge in [-0.25, -0.2) is 9.18 Å². The lowest BCUT2D eigenvalue weighted by Crippen LogP contribution is -2.26. The summed E-state index contributed by atoms with van der Waals surface area (Å²) in [6.45, 7) is 7.22. The van der Waals surface area contributed by atoms with Crippen molar-refractivity contribution in [2.45, 2.75) is 39.8 Å². The maximum absolute atomic E-state index is 13.2. The molecular weight excluding hydrogens is 263 g/mol. The molecule has 0 unspecified atom stereocenters. The summed E-state index contributed by atoms with van der Waals surface area (Å²) in [5.74, 6) is -1.66. The van der Waals surface area contributed by atoms with E-state index in [1.165, 1.54) is 22.9 Å². The quantitative estimate of drug-likeness (QED) is 0.907. The van der Waals surface area contributed by atoms with Crippen LogP contribution in [0.3, 0.4) is 0 Å². The maximum atomic E-state index is 13.2. The van der Waals surface area contributed by atoms with Crippen LogP contribution in [-0.2, 0) is 6.54 Å². The highest BCUT2D eigenvalue weighted by Crippen LogP contribution is 2.21. The topological polar surface area (TPSA) is 75.3 Å². The Bertz CT molecular complexity index is 615. The molecule has 2 aromatic rings. The molecular formula is C14H19FN2O3. The molecule has 5 nitrogen and oxygen atoms in total. The number of aliphatic hydroxyl groups is 1. The number of rotatable bonds is 3. The second-order valence-corrected chi connectivity index (χ2v) is 4.79. The first-order chi connectivity index (χ1) is 9.28. The fourth-order valence-corrected chi connectivity index (χ4v) is 1.79. The largest absolute Gasteiger partial charge is 0.476 e. The Balaban J connectivity index is 0.000000956. The van der Waals surface area contributed by atoms with E-state index in [2.05, 4.69) is 5.10 Å². The van der Waals surface area contributed by atoms with E-state index in [1.54, 1.807) is 13.8 Å². The zero-order valence-electron chi connectivity index (χ0n) is 12.0. The van der Waals surface area contributed by atoms with Crippen molar-refractivity contribution in [1.82, 2.24) is 9.78 Å². The molecule has 20 heavy (non-hydrogen) atoms. The summed E-state index contributed by atoms with van der Waals surface area (Å²) in [6.07, 6.45) is 0. The number of hydrogen-bond donors (Lipinski definition) is 2. The van der Waals surface area contributed by atoms with Crippen LogP contribution in [-0.4, -0.2) is 31.6 Å². The van der Waals surface area contributed by atoms with Gasteiger partial charge in [-0.15, -0.1) is 0 Å². The first-order valence-electron chi connectivity index (χ1n) is 6.40. The van der Waals surface area contributed by atoms with Crippen LogP contribution in [0.2, 0.25) is 0 Å². The number of carboxylic acid groups (broad SMARTS) is 1. The number of aromatic carboxylic acids is 1. The summed E-state index contributed by atoms with van der Waals surface area (Å²) in [4.78, 5) is 11.0. The van der Waals surface area contributed by atoms with Crippen molar-refractivity contribution in [2.75, 3.05) is 0 Å². The van der Waals surface area contributed by atoms with Gasteiger partial charge in [0.2, 0.25) is 0 Å². The number of halogens is 1. The van der Waals surface area contributed by atoms with Crippen molar-refractivity contribution < 1.29 is 19.4 Å². The van der Waals surface area contributed by atoms with Crippen LogP contribution >= 0.6 is 0 Å². The third-order valence-corrected chi connectivity index (χ3v) is 2.45. The summed E-state index contributed by atoms with van der Waals surface area (Å²) >= 11 is 0. The first kappa shape index (κ1) is 16.1. The van der Waals surface area contributed by atoms with Crippen LogP contribution in [0.25, 0.3) is 10.9 Å². The van der Waals surface area contributed by atoms with E-state index >= 15 is 0 Å². The van der Waals surface area contributed by atoms with E-state index in [1.807, 2.05) is 13.8 Å². The summed E-state index contributed by atoms with van der Waals surface area (Å²) < 4.78 is 14.5. The maximum Gasteiger partial charge on any atom is 0.357 e. The number of nitrogens with zero attached hydrogens (tertiary/aromatic N) is 2. The van der Waals surface area contributed by atoms with Crippen molar-refractivity contribution in [2.24, 2.45) is 0 Å². The molecule has 2 N–H and O–H groups in total. The molecule has 0 radical (unpaired) electrons. The Morgan fingerprint density at radius 1 is 1.40 bits per heavy atom. The molecule has 110 valence electrons. The third-order valence-electron chi connectivity index (χ3n) is 2.45. The Morgan fingerprint density at radius 3 is 2.50 bits per heavy atom. The molecule has 6 heteroatoms. The van der Waals surface area contributed by atoms with E-state index in [4.69, 9.17) is 5.11 Å². The van der Waals surface area contributed by atoms with E-state index in [0.717, 1.165) is 0 Å². The molecule has 1 heterocycles. The van der Waals surface area contributed by atoms with Crippen LogP contribution in [0, 0.1) is 5.82 Å². The molecule has 0 aliphatic heterocycles.